The van der Waals surface area contributed by atoms with Crippen LogP contribution < -0.4 is 10.1 Å². The zero-order valence-electron chi connectivity index (χ0n) is 14.5. The fraction of sp³-hybridized carbons (Fsp3) is 0.632. The molecule has 4 nitrogen and oxygen atoms in total. The number of piperazine rings is 1. The van der Waals surface area contributed by atoms with Gasteiger partial charge in [-0.15, -0.1) is 12.4 Å². The van der Waals surface area contributed by atoms with E-state index in [0.29, 0.717) is 19.0 Å². The Bertz CT molecular complexity index is 515. The van der Waals surface area contributed by atoms with Crippen LogP contribution in [-0.4, -0.2) is 36.5 Å². The number of halogens is 1. The summed E-state index contributed by atoms with van der Waals surface area (Å²) in [6, 6.07) is 8.25. The van der Waals surface area contributed by atoms with E-state index < -0.39 is 0 Å². The van der Waals surface area contributed by atoms with Crippen LogP contribution in [-0.2, 0) is 11.3 Å². The molecule has 0 radical (unpaired) electrons. The zero-order valence-corrected chi connectivity index (χ0v) is 15.3. The molecule has 3 rings (SSSR count). The van der Waals surface area contributed by atoms with Crippen molar-refractivity contribution in [2.75, 3.05) is 19.6 Å². The number of benzene rings is 1. The summed E-state index contributed by atoms with van der Waals surface area (Å²) in [7, 11) is 0. The maximum absolute atomic E-state index is 11.8. The van der Waals surface area contributed by atoms with Gasteiger partial charge in [-0.2, -0.15) is 0 Å². The average Bonchev–Trinajstić information content (AvgIpc) is 2.59. The molecule has 1 aromatic carbocycles. The number of ether oxygens (including phenoxy) is 1. The molecule has 1 N–H and O–H groups in total. The van der Waals surface area contributed by atoms with Crippen LogP contribution in [0.4, 0.5) is 0 Å². The second-order valence-corrected chi connectivity index (χ2v) is 6.86. The lowest BCUT2D eigenvalue weighted by Gasteiger charge is -2.28. The summed E-state index contributed by atoms with van der Waals surface area (Å²) < 4.78 is 6.13. The average molecular weight is 353 g/mol. The van der Waals surface area contributed by atoms with E-state index in [0.717, 1.165) is 24.4 Å². The molecule has 1 saturated heterocycles. The molecule has 24 heavy (non-hydrogen) atoms. The van der Waals surface area contributed by atoms with Gasteiger partial charge in [0, 0.05) is 19.6 Å². The highest BCUT2D eigenvalue weighted by Gasteiger charge is 2.21. The molecule has 1 aliphatic carbocycles. The minimum Gasteiger partial charge on any atom is -0.490 e. The molecule has 1 saturated carbocycles. The van der Waals surface area contributed by atoms with Gasteiger partial charge in [-0.1, -0.05) is 31.4 Å². The lowest BCUT2D eigenvalue weighted by atomic mass is 9.86. The Hall–Kier alpha value is -1.26. The molecule has 1 amide bonds. The number of rotatable bonds is 5. The van der Waals surface area contributed by atoms with Crippen LogP contribution in [0.5, 0.6) is 5.75 Å². The van der Waals surface area contributed by atoms with Gasteiger partial charge >= 0.3 is 0 Å². The Balaban J connectivity index is 0.00000208. The number of hydrogen-bond acceptors (Lipinski definition) is 3. The van der Waals surface area contributed by atoms with E-state index >= 15 is 0 Å². The largest absolute Gasteiger partial charge is 0.490 e. The van der Waals surface area contributed by atoms with Crippen LogP contribution in [0, 0.1) is 5.92 Å². The quantitative estimate of drug-likeness (QED) is 0.883. The van der Waals surface area contributed by atoms with Gasteiger partial charge in [-0.25, -0.2) is 0 Å². The van der Waals surface area contributed by atoms with Gasteiger partial charge in [0.05, 0.1) is 12.6 Å². The Morgan fingerprint density at radius 3 is 2.58 bits per heavy atom. The molecule has 1 atom stereocenters. The lowest BCUT2D eigenvalue weighted by Crippen LogP contribution is -2.47. The number of amides is 1. The standard InChI is InChI=1S/C19H28N2O2.ClH/c1-15(17-5-3-2-4-6-17)23-18-9-7-16(8-10-18)14-21-12-11-20-13-19(21)22;/h7-10,15,17,20H,2-6,11-14H2,1H3;1H. The second-order valence-electron chi connectivity index (χ2n) is 6.86. The van der Waals surface area contributed by atoms with Crippen LogP contribution in [0.15, 0.2) is 24.3 Å². The zero-order chi connectivity index (χ0) is 16.1. The van der Waals surface area contributed by atoms with Gasteiger partial charge in [-0.05, 0) is 43.4 Å². The molecular formula is C19H29ClN2O2. The van der Waals surface area contributed by atoms with Crippen molar-refractivity contribution in [2.24, 2.45) is 5.92 Å². The SMILES string of the molecule is CC(Oc1ccc(CN2CCNCC2=O)cc1)C1CCCCC1.Cl. The fourth-order valence-corrected chi connectivity index (χ4v) is 3.62. The van der Waals surface area contributed by atoms with Gasteiger partial charge in [0.15, 0.2) is 0 Å². The molecule has 1 aromatic rings. The number of nitrogens with one attached hydrogen (secondary N) is 1. The first-order chi connectivity index (χ1) is 11.2. The minimum absolute atomic E-state index is 0. The van der Waals surface area contributed by atoms with Crippen molar-refractivity contribution in [3.8, 4) is 5.75 Å². The molecule has 5 heteroatoms. The van der Waals surface area contributed by atoms with E-state index in [1.165, 1.54) is 32.1 Å². The molecule has 1 aliphatic heterocycles. The Morgan fingerprint density at radius 2 is 1.92 bits per heavy atom. The third-order valence-electron chi connectivity index (χ3n) is 5.12. The van der Waals surface area contributed by atoms with Crippen molar-refractivity contribution >= 4 is 18.3 Å². The van der Waals surface area contributed by atoms with Gasteiger partial charge in [0.25, 0.3) is 0 Å². The molecule has 0 bridgehead atoms. The third kappa shape index (κ3) is 5.12. The normalized spacial score (nSPS) is 20.4. The topological polar surface area (TPSA) is 41.6 Å². The molecule has 134 valence electrons. The summed E-state index contributed by atoms with van der Waals surface area (Å²) in [6.07, 6.45) is 6.94. The van der Waals surface area contributed by atoms with Crippen LogP contribution in [0.25, 0.3) is 0 Å². The molecule has 1 unspecified atom stereocenters. The summed E-state index contributed by atoms with van der Waals surface area (Å²) in [5.74, 6) is 1.82. The molecular weight excluding hydrogens is 324 g/mol. The van der Waals surface area contributed by atoms with Crippen LogP contribution in [0.2, 0.25) is 0 Å². The van der Waals surface area contributed by atoms with Gasteiger partial charge in [-0.3, -0.25) is 4.79 Å². The second kappa shape index (κ2) is 9.28. The number of nitrogens with zero attached hydrogens (tertiary/aromatic N) is 1. The predicted molar refractivity (Wildman–Crippen MR) is 98.6 cm³/mol. The van der Waals surface area contributed by atoms with E-state index in [1.807, 2.05) is 17.0 Å². The van der Waals surface area contributed by atoms with E-state index in [1.54, 1.807) is 0 Å². The van der Waals surface area contributed by atoms with Crippen molar-refractivity contribution in [3.05, 3.63) is 29.8 Å². The van der Waals surface area contributed by atoms with Crippen LogP contribution in [0.1, 0.15) is 44.6 Å². The summed E-state index contributed by atoms with van der Waals surface area (Å²) in [4.78, 5) is 13.7. The predicted octanol–water partition coefficient (Wildman–Crippen LogP) is 3.39. The first-order valence-electron chi connectivity index (χ1n) is 8.96. The Labute approximate surface area is 151 Å². The maximum atomic E-state index is 11.8. The highest BCUT2D eigenvalue weighted by molar-refractivity contribution is 5.85. The molecule has 0 aromatic heterocycles. The monoisotopic (exact) mass is 352 g/mol. The van der Waals surface area contributed by atoms with Gasteiger partial charge in [0.2, 0.25) is 5.91 Å². The Kier molecular flexibility index (Phi) is 7.38. The minimum atomic E-state index is 0. The van der Waals surface area contributed by atoms with E-state index in [2.05, 4.69) is 24.4 Å². The first kappa shape index (κ1) is 19.1. The van der Waals surface area contributed by atoms with Gasteiger partial charge in [0.1, 0.15) is 5.75 Å². The summed E-state index contributed by atoms with van der Waals surface area (Å²) in [6.45, 7) is 5.02. The molecule has 1 heterocycles. The van der Waals surface area contributed by atoms with Gasteiger partial charge < -0.3 is 15.0 Å². The van der Waals surface area contributed by atoms with Crippen molar-refractivity contribution in [1.82, 2.24) is 10.2 Å². The summed E-state index contributed by atoms with van der Waals surface area (Å²) in [5, 5.41) is 3.10. The van der Waals surface area contributed by atoms with Crippen LogP contribution >= 0.6 is 12.4 Å². The lowest BCUT2D eigenvalue weighted by molar-refractivity contribution is -0.132. The fourth-order valence-electron chi connectivity index (χ4n) is 3.62. The molecule has 0 spiro atoms. The molecule has 2 fully saturated rings. The van der Waals surface area contributed by atoms with Crippen molar-refractivity contribution in [2.45, 2.75) is 51.7 Å². The van der Waals surface area contributed by atoms with E-state index in [4.69, 9.17) is 4.74 Å². The van der Waals surface area contributed by atoms with Crippen LogP contribution in [0.3, 0.4) is 0 Å². The number of hydrogen-bond donors (Lipinski definition) is 1. The highest BCUT2D eigenvalue weighted by atomic mass is 35.5. The highest BCUT2D eigenvalue weighted by Crippen LogP contribution is 2.29. The number of carbonyl (C=O) groups is 1. The summed E-state index contributed by atoms with van der Waals surface area (Å²) in [5.41, 5.74) is 1.16. The van der Waals surface area contributed by atoms with Crippen molar-refractivity contribution < 1.29 is 9.53 Å². The van der Waals surface area contributed by atoms with E-state index in [-0.39, 0.29) is 24.4 Å². The smallest absolute Gasteiger partial charge is 0.236 e. The third-order valence-corrected chi connectivity index (χ3v) is 5.12. The maximum Gasteiger partial charge on any atom is 0.236 e. The summed E-state index contributed by atoms with van der Waals surface area (Å²) >= 11 is 0. The van der Waals surface area contributed by atoms with E-state index in [9.17, 15) is 4.79 Å². The first-order valence-corrected chi connectivity index (χ1v) is 8.96. The number of carbonyl (C=O) groups excluding carboxylic acids is 1. The Morgan fingerprint density at radius 1 is 1.21 bits per heavy atom. The molecule has 2 aliphatic rings. The van der Waals surface area contributed by atoms with Crippen molar-refractivity contribution in [3.63, 3.8) is 0 Å². The van der Waals surface area contributed by atoms with Crippen molar-refractivity contribution in [1.29, 1.82) is 0 Å².